The summed E-state index contributed by atoms with van der Waals surface area (Å²) in [4.78, 5) is 9.77. The standard InChI is InChI=1S/C9H10F2N2O3/c1-12-5-6-2-3-7(13(14)15)8(4-6)16-9(10)11/h2-4,9,12H,5H2,1H3. The molecule has 0 radical (unpaired) electrons. The topological polar surface area (TPSA) is 64.4 Å². The van der Waals surface area contributed by atoms with Crippen molar-refractivity contribution in [2.24, 2.45) is 0 Å². The molecule has 0 heterocycles. The minimum Gasteiger partial charge on any atom is -0.427 e. The number of halogens is 2. The van der Waals surface area contributed by atoms with E-state index in [0.717, 1.165) is 6.07 Å². The molecule has 88 valence electrons. The van der Waals surface area contributed by atoms with Crippen LogP contribution in [0.3, 0.4) is 0 Å². The highest BCUT2D eigenvalue weighted by atomic mass is 19.3. The van der Waals surface area contributed by atoms with Crippen molar-refractivity contribution in [3.8, 4) is 5.75 Å². The fourth-order valence-corrected chi connectivity index (χ4v) is 1.21. The molecule has 0 unspecified atom stereocenters. The van der Waals surface area contributed by atoms with Crippen LogP contribution in [0, 0.1) is 10.1 Å². The second-order valence-electron chi connectivity index (χ2n) is 2.97. The van der Waals surface area contributed by atoms with Crippen molar-refractivity contribution in [2.75, 3.05) is 7.05 Å². The molecule has 0 atom stereocenters. The first-order chi connectivity index (χ1) is 7.54. The van der Waals surface area contributed by atoms with Gasteiger partial charge >= 0.3 is 12.3 Å². The Morgan fingerprint density at radius 3 is 2.75 bits per heavy atom. The molecule has 0 spiro atoms. The average molecular weight is 232 g/mol. The Morgan fingerprint density at radius 1 is 1.56 bits per heavy atom. The molecule has 1 N–H and O–H groups in total. The van der Waals surface area contributed by atoms with E-state index < -0.39 is 23.0 Å². The van der Waals surface area contributed by atoms with Gasteiger partial charge in [0, 0.05) is 12.6 Å². The van der Waals surface area contributed by atoms with Crippen LogP contribution in [0.15, 0.2) is 18.2 Å². The van der Waals surface area contributed by atoms with Crippen LogP contribution in [-0.2, 0) is 6.54 Å². The monoisotopic (exact) mass is 232 g/mol. The predicted molar refractivity (Wildman–Crippen MR) is 52.5 cm³/mol. The van der Waals surface area contributed by atoms with Gasteiger partial charge in [-0.1, -0.05) is 6.07 Å². The summed E-state index contributed by atoms with van der Waals surface area (Å²) in [5, 5.41) is 13.3. The zero-order valence-electron chi connectivity index (χ0n) is 8.44. The Morgan fingerprint density at radius 2 is 2.25 bits per heavy atom. The lowest BCUT2D eigenvalue weighted by Crippen LogP contribution is -2.08. The first kappa shape index (κ1) is 12.3. The quantitative estimate of drug-likeness (QED) is 0.622. The van der Waals surface area contributed by atoms with Crippen LogP contribution in [0.25, 0.3) is 0 Å². The maximum Gasteiger partial charge on any atom is 0.387 e. The molecule has 1 aromatic rings. The van der Waals surface area contributed by atoms with E-state index in [4.69, 9.17) is 0 Å². The first-order valence-electron chi connectivity index (χ1n) is 4.41. The van der Waals surface area contributed by atoms with Gasteiger partial charge in [-0.3, -0.25) is 10.1 Å². The van der Waals surface area contributed by atoms with Crippen LogP contribution in [0.2, 0.25) is 0 Å². The third kappa shape index (κ3) is 3.13. The van der Waals surface area contributed by atoms with E-state index in [1.165, 1.54) is 12.1 Å². The number of hydrogen-bond donors (Lipinski definition) is 1. The van der Waals surface area contributed by atoms with Gasteiger partial charge in [0.25, 0.3) is 0 Å². The minimum absolute atomic E-state index is 0.414. The molecule has 0 bridgehead atoms. The molecule has 0 amide bonds. The number of nitrogens with zero attached hydrogens (tertiary/aromatic N) is 1. The van der Waals surface area contributed by atoms with Gasteiger partial charge in [0.15, 0.2) is 0 Å². The van der Waals surface area contributed by atoms with Crippen molar-refractivity contribution in [3.63, 3.8) is 0 Å². The number of nitro benzene ring substituents is 1. The van der Waals surface area contributed by atoms with Gasteiger partial charge in [-0.05, 0) is 18.7 Å². The molecule has 5 nitrogen and oxygen atoms in total. The molecule has 16 heavy (non-hydrogen) atoms. The second-order valence-corrected chi connectivity index (χ2v) is 2.97. The predicted octanol–water partition coefficient (Wildman–Crippen LogP) is 1.92. The Labute approximate surface area is 90.2 Å². The number of nitrogens with one attached hydrogen (secondary N) is 1. The Bertz CT molecular complexity index is 385. The van der Waals surface area contributed by atoms with E-state index in [9.17, 15) is 18.9 Å². The molecule has 1 rings (SSSR count). The highest BCUT2D eigenvalue weighted by Crippen LogP contribution is 2.29. The van der Waals surface area contributed by atoms with E-state index in [1.807, 2.05) is 0 Å². The fourth-order valence-electron chi connectivity index (χ4n) is 1.21. The van der Waals surface area contributed by atoms with Crippen molar-refractivity contribution in [1.82, 2.24) is 5.32 Å². The molecule has 0 aliphatic carbocycles. The summed E-state index contributed by atoms with van der Waals surface area (Å²) in [6.45, 7) is -2.67. The SMILES string of the molecule is CNCc1ccc([N+](=O)[O-])c(OC(F)F)c1. The minimum atomic E-state index is -3.08. The number of alkyl halides is 2. The maximum absolute atomic E-state index is 12.0. The normalized spacial score (nSPS) is 10.5. The maximum atomic E-state index is 12.0. The molecule has 7 heteroatoms. The highest BCUT2D eigenvalue weighted by molar-refractivity contribution is 5.48. The molecule has 1 aromatic carbocycles. The van der Waals surface area contributed by atoms with Crippen molar-refractivity contribution in [2.45, 2.75) is 13.2 Å². The first-order valence-corrected chi connectivity index (χ1v) is 4.41. The van der Waals surface area contributed by atoms with Crippen LogP contribution in [0.1, 0.15) is 5.56 Å². The van der Waals surface area contributed by atoms with Gasteiger partial charge in [0.2, 0.25) is 5.75 Å². The third-order valence-corrected chi connectivity index (χ3v) is 1.82. The number of nitro groups is 1. The summed E-state index contributed by atoms with van der Waals surface area (Å²) in [6.07, 6.45) is 0. The second kappa shape index (κ2) is 5.36. The van der Waals surface area contributed by atoms with Crippen LogP contribution < -0.4 is 10.1 Å². The van der Waals surface area contributed by atoms with Gasteiger partial charge in [0.1, 0.15) is 0 Å². The molecular weight excluding hydrogens is 222 g/mol. The lowest BCUT2D eigenvalue weighted by atomic mass is 10.2. The van der Waals surface area contributed by atoms with Crippen molar-refractivity contribution < 1.29 is 18.4 Å². The third-order valence-electron chi connectivity index (χ3n) is 1.82. The zero-order chi connectivity index (χ0) is 12.1. The van der Waals surface area contributed by atoms with E-state index in [1.54, 1.807) is 7.05 Å². The lowest BCUT2D eigenvalue weighted by molar-refractivity contribution is -0.386. The lowest BCUT2D eigenvalue weighted by Gasteiger charge is -2.07. The summed E-state index contributed by atoms with van der Waals surface area (Å²) in [5.41, 5.74) is 0.156. The number of hydrogen-bond acceptors (Lipinski definition) is 4. The smallest absolute Gasteiger partial charge is 0.387 e. The molecule has 0 aromatic heterocycles. The summed E-state index contributed by atoms with van der Waals surface area (Å²) < 4.78 is 28.1. The highest BCUT2D eigenvalue weighted by Gasteiger charge is 2.18. The Hall–Kier alpha value is -1.76. The Kier molecular flexibility index (Phi) is 4.12. The molecule has 0 saturated carbocycles. The molecule has 0 fully saturated rings. The Balaban J connectivity index is 3.05. The fraction of sp³-hybridized carbons (Fsp3) is 0.333. The zero-order valence-corrected chi connectivity index (χ0v) is 8.44. The number of ether oxygens (including phenoxy) is 1. The van der Waals surface area contributed by atoms with E-state index >= 15 is 0 Å². The largest absolute Gasteiger partial charge is 0.427 e. The summed E-state index contributed by atoms with van der Waals surface area (Å²) in [6, 6.07) is 3.85. The van der Waals surface area contributed by atoms with Gasteiger partial charge in [-0.25, -0.2) is 0 Å². The summed E-state index contributed by atoms with van der Waals surface area (Å²) >= 11 is 0. The van der Waals surface area contributed by atoms with E-state index in [-0.39, 0.29) is 0 Å². The average Bonchev–Trinajstić information content (AvgIpc) is 2.16. The van der Waals surface area contributed by atoms with Gasteiger partial charge < -0.3 is 10.1 Å². The number of benzene rings is 1. The van der Waals surface area contributed by atoms with Crippen molar-refractivity contribution >= 4 is 5.69 Å². The van der Waals surface area contributed by atoms with E-state index in [2.05, 4.69) is 10.1 Å². The summed E-state index contributed by atoms with van der Waals surface area (Å²) in [5.74, 6) is -0.423. The van der Waals surface area contributed by atoms with Crippen LogP contribution >= 0.6 is 0 Å². The molecular formula is C9H10F2N2O3. The molecule has 0 aliphatic heterocycles. The van der Waals surface area contributed by atoms with Gasteiger partial charge in [0.05, 0.1) is 4.92 Å². The van der Waals surface area contributed by atoms with Crippen LogP contribution in [0.4, 0.5) is 14.5 Å². The van der Waals surface area contributed by atoms with Gasteiger partial charge in [-0.2, -0.15) is 8.78 Å². The number of rotatable bonds is 5. The van der Waals surface area contributed by atoms with Crippen LogP contribution in [0.5, 0.6) is 5.75 Å². The van der Waals surface area contributed by atoms with Crippen molar-refractivity contribution in [1.29, 1.82) is 0 Å². The van der Waals surface area contributed by atoms with Crippen molar-refractivity contribution in [3.05, 3.63) is 33.9 Å². The van der Waals surface area contributed by atoms with E-state index in [0.29, 0.717) is 12.1 Å². The molecule has 0 saturated heterocycles. The molecule has 0 aliphatic rings. The van der Waals surface area contributed by atoms with Crippen LogP contribution in [-0.4, -0.2) is 18.6 Å². The summed E-state index contributed by atoms with van der Waals surface area (Å²) in [7, 11) is 1.68. The van der Waals surface area contributed by atoms with Gasteiger partial charge in [-0.15, -0.1) is 0 Å².